The fourth-order valence-corrected chi connectivity index (χ4v) is 1.74. The number of thiazole rings is 1. The van der Waals surface area contributed by atoms with E-state index in [1.54, 1.807) is 23.7 Å². The molecule has 3 nitrogen and oxygen atoms in total. The van der Waals surface area contributed by atoms with Gasteiger partial charge in [0.1, 0.15) is 5.01 Å². The van der Waals surface area contributed by atoms with E-state index in [4.69, 9.17) is 0 Å². The van der Waals surface area contributed by atoms with Gasteiger partial charge in [0.05, 0.1) is 0 Å². The average Bonchev–Trinajstić information content (AvgIpc) is 2.72. The van der Waals surface area contributed by atoms with Gasteiger partial charge in [-0.05, 0) is 17.7 Å². The van der Waals surface area contributed by atoms with Crippen molar-refractivity contribution in [2.24, 2.45) is 0 Å². The molecule has 0 saturated heterocycles. The summed E-state index contributed by atoms with van der Waals surface area (Å²) in [5.74, 6) is 0. The third-order valence-electron chi connectivity index (χ3n) is 1.84. The smallest absolute Gasteiger partial charge is 0.106 e. The van der Waals surface area contributed by atoms with Crippen molar-refractivity contribution >= 4 is 11.3 Å². The highest BCUT2D eigenvalue weighted by atomic mass is 32.1. The van der Waals surface area contributed by atoms with Crippen LogP contribution in [-0.2, 0) is 13.1 Å². The Morgan fingerprint density at radius 1 is 1.14 bits per heavy atom. The molecule has 2 heterocycles. The summed E-state index contributed by atoms with van der Waals surface area (Å²) in [5.41, 5.74) is 1.25. The van der Waals surface area contributed by atoms with Gasteiger partial charge in [-0.2, -0.15) is 0 Å². The second kappa shape index (κ2) is 4.83. The Bertz CT molecular complexity index is 358. The summed E-state index contributed by atoms with van der Waals surface area (Å²) in [7, 11) is 0. The first-order valence-electron chi connectivity index (χ1n) is 4.43. The largest absolute Gasteiger partial charge is 0.306 e. The maximum Gasteiger partial charge on any atom is 0.106 e. The third kappa shape index (κ3) is 2.61. The molecular weight excluding hydrogens is 194 g/mol. The number of aromatic nitrogens is 2. The van der Waals surface area contributed by atoms with Crippen LogP contribution in [0.25, 0.3) is 0 Å². The predicted molar refractivity (Wildman–Crippen MR) is 56.9 cm³/mol. The van der Waals surface area contributed by atoms with E-state index in [1.807, 2.05) is 23.7 Å². The molecule has 0 unspecified atom stereocenters. The Balaban J connectivity index is 1.79. The summed E-state index contributed by atoms with van der Waals surface area (Å²) in [4.78, 5) is 8.16. The minimum Gasteiger partial charge on any atom is -0.306 e. The van der Waals surface area contributed by atoms with Crippen LogP contribution in [0.2, 0.25) is 0 Å². The van der Waals surface area contributed by atoms with Gasteiger partial charge in [0, 0.05) is 37.1 Å². The van der Waals surface area contributed by atoms with Crippen molar-refractivity contribution in [3.8, 4) is 0 Å². The van der Waals surface area contributed by atoms with Crippen molar-refractivity contribution in [2.75, 3.05) is 0 Å². The van der Waals surface area contributed by atoms with Gasteiger partial charge >= 0.3 is 0 Å². The van der Waals surface area contributed by atoms with Crippen LogP contribution in [0.15, 0.2) is 36.1 Å². The highest BCUT2D eigenvalue weighted by Crippen LogP contribution is 2.03. The summed E-state index contributed by atoms with van der Waals surface area (Å²) in [5, 5.41) is 6.44. The first-order valence-corrected chi connectivity index (χ1v) is 5.31. The van der Waals surface area contributed by atoms with Crippen LogP contribution in [-0.4, -0.2) is 9.97 Å². The summed E-state index contributed by atoms with van der Waals surface area (Å²) in [6, 6.07) is 4.02. The molecule has 0 bridgehead atoms. The van der Waals surface area contributed by atoms with Crippen LogP contribution in [0.5, 0.6) is 0 Å². The van der Waals surface area contributed by atoms with Gasteiger partial charge in [-0.15, -0.1) is 11.3 Å². The predicted octanol–water partition coefficient (Wildman–Crippen LogP) is 1.83. The van der Waals surface area contributed by atoms with Crippen molar-refractivity contribution in [1.82, 2.24) is 15.3 Å². The number of nitrogens with one attached hydrogen (secondary N) is 1. The van der Waals surface area contributed by atoms with E-state index in [2.05, 4.69) is 15.3 Å². The summed E-state index contributed by atoms with van der Waals surface area (Å²) in [6.45, 7) is 1.70. The van der Waals surface area contributed by atoms with Crippen molar-refractivity contribution in [3.63, 3.8) is 0 Å². The second-order valence-corrected chi connectivity index (χ2v) is 3.86. The van der Waals surface area contributed by atoms with Crippen LogP contribution in [0, 0.1) is 0 Å². The van der Waals surface area contributed by atoms with Gasteiger partial charge in [0.15, 0.2) is 0 Å². The Hall–Kier alpha value is -1.26. The zero-order chi connectivity index (χ0) is 9.64. The quantitative estimate of drug-likeness (QED) is 0.827. The molecule has 0 aliphatic heterocycles. The molecule has 14 heavy (non-hydrogen) atoms. The molecule has 2 aromatic rings. The average molecular weight is 205 g/mol. The normalized spacial score (nSPS) is 10.3. The van der Waals surface area contributed by atoms with E-state index in [1.165, 1.54) is 5.56 Å². The summed E-state index contributed by atoms with van der Waals surface area (Å²) < 4.78 is 0. The lowest BCUT2D eigenvalue weighted by Crippen LogP contribution is -2.12. The van der Waals surface area contributed by atoms with E-state index in [-0.39, 0.29) is 0 Å². The van der Waals surface area contributed by atoms with E-state index in [9.17, 15) is 0 Å². The van der Waals surface area contributed by atoms with Gasteiger partial charge in [0.2, 0.25) is 0 Å². The van der Waals surface area contributed by atoms with Crippen molar-refractivity contribution in [1.29, 1.82) is 0 Å². The topological polar surface area (TPSA) is 37.8 Å². The number of nitrogens with zero attached hydrogens (tertiary/aromatic N) is 2. The molecule has 4 heteroatoms. The molecule has 0 aromatic carbocycles. The molecule has 2 aromatic heterocycles. The van der Waals surface area contributed by atoms with Crippen LogP contribution < -0.4 is 5.32 Å². The molecule has 0 aliphatic rings. The van der Waals surface area contributed by atoms with Gasteiger partial charge in [-0.1, -0.05) is 0 Å². The van der Waals surface area contributed by atoms with Crippen molar-refractivity contribution in [3.05, 3.63) is 46.7 Å². The SMILES string of the molecule is c1cc(CNCc2nccs2)ccn1. The van der Waals surface area contributed by atoms with Gasteiger partial charge in [-0.25, -0.2) is 4.98 Å². The van der Waals surface area contributed by atoms with E-state index in [0.717, 1.165) is 18.1 Å². The molecule has 0 aliphatic carbocycles. The van der Waals surface area contributed by atoms with Crippen LogP contribution >= 0.6 is 11.3 Å². The molecule has 0 atom stereocenters. The van der Waals surface area contributed by atoms with Gasteiger partial charge in [0.25, 0.3) is 0 Å². The number of hydrogen-bond acceptors (Lipinski definition) is 4. The zero-order valence-electron chi connectivity index (χ0n) is 7.68. The zero-order valence-corrected chi connectivity index (χ0v) is 8.50. The lowest BCUT2D eigenvalue weighted by molar-refractivity contribution is 0.689. The Kier molecular flexibility index (Phi) is 3.21. The molecule has 0 saturated carbocycles. The van der Waals surface area contributed by atoms with E-state index < -0.39 is 0 Å². The van der Waals surface area contributed by atoms with Crippen LogP contribution in [0.1, 0.15) is 10.6 Å². The fourth-order valence-electron chi connectivity index (χ4n) is 1.15. The minimum atomic E-state index is 0.833. The van der Waals surface area contributed by atoms with Crippen molar-refractivity contribution in [2.45, 2.75) is 13.1 Å². The maximum atomic E-state index is 4.19. The summed E-state index contributed by atoms with van der Waals surface area (Å²) in [6.07, 6.45) is 5.44. The Morgan fingerprint density at radius 3 is 2.71 bits per heavy atom. The molecule has 72 valence electrons. The molecule has 0 fully saturated rings. The van der Waals surface area contributed by atoms with Gasteiger partial charge < -0.3 is 5.32 Å². The second-order valence-electron chi connectivity index (χ2n) is 2.88. The third-order valence-corrected chi connectivity index (χ3v) is 2.62. The first kappa shape index (κ1) is 9.30. The van der Waals surface area contributed by atoms with Crippen LogP contribution in [0.4, 0.5) is 0 Å². The standard InChI is InChI=1S/C10H11N3S/c1-3-11-4-2-9(1)7-12-8-10-13-5-6-14-10/h1-6,12H,7-8H2. The van der Waals surface area contributed by atoms with E-state index >= 15 is 0 Å². The lowest BCUT2D eigenvalue weighted by Gasteiger charge is -2.01. The maximum absolute atomic E-state index is 4.19. The first-order chi connectivity index (χ1) is 6.95. The molecule has 0 amide bonds. The monoisotopic (exact) mass is 205 g/mol. The number of rotatable bonds is 4. The van der Waals surface area contributed by atoms with Crippen LogP contribution in [0.3, 0.4) is 0 Å². The van der Waals surface area contributed by atoms with E-state index in [0.29, 0.717) is 0 Å². The fraction of sp³-hybridized carbons (Fsp3) is 0.200. The molecule has 1 N–H and O–H groups in total. The highest BCUT2D eigenvalue weighted by molar-refractivity contribution is 7.09. The number of pyridine rings is 1. The minimum absolute atomic E-state index is 0.833. The highest BCUT2D eigenvalue weighted by Gasteiger charge is 1.94. The molecule has 0 spiro atoms. The van der Waals surface area contributed by atoms with Gasteiger partial charge in [-0.3, -0.25) is 4.98 Å². The van der Waals surface area contributed by atoms with Crippen molar-refractivity contribution < 1.29 is 0 Å². The number of hydrogen-bond donors (Lipinski definition) is 1. The lowest BCUT2D eigenvalue weighted by atomic mass is 10.3. The molecular formula is C10H11N3S. The Morgan fingerprint density at radius 2 is 2.00 bits per heavy atom. The molecule has 2 rings (SSSR count). The molecule has 0 radical (unpaired) electrons. The Labute approximate surface area is 86.8 Å². The summed E-state index contributed by atoms with van der Waals surface area (Å²) >= 11 is 1.67.